The van der Waals surface area contributed by atoms with Crippen LogP contribution in [-0.2, 0) is 14.3 Å². The van der Waals surface area contributed by atoms with E-state index in [4.69, 9.17) is 26.8 Å². The molecule has 0 saturated carbocycles. The Hall–Kier alpha value is -2.52. The first kappa shape index (κ1) is 15.9. The largest absolute Gasteiger partial charge is 0.466 e. The Kier molecular flexibility index (Phi) is 4.68. The number of hydrogen-bond donors (Lipinski definition) is 1. The summed E-state index contributed by atoms with van der Waals surface area (Å²) in [5.74, 6) is -2.10. The summed E-state index contributed by atoms with van der Waals surface area (Å²) in [6, 6.07) is 7.30. The first-order valence-corrected chi connectivity index (χ1v) is 6.77. The van der Waals surface area contributed by atoms with Gasteiger partial charge in [-0.2, -0.15) is 5.26 Å². The predicted molar refractivity (Wildman–Crippen MR) is 76.8 cm³/mol. The number of carbonyl (C=O) groups excluding carboxylic acids is 1. The number of ether oxygens (including phenoxy) is 2. The molecule has 0 radical (unpaired) electrons. The Labute approximate surface area is 131 Å². The predicted octanol–water partition coefficient (Wildman–Crippen LogP) is 2.30. The second-order valence-electron chi connectivity index (χ2n) is 4.44. The van der Waals surface area contributed by atoms with Gasteiger partial charge in [0.15, 0.2) is 0 Å². The maximum Gasteiger partial charge on any atom is 0.338 e. The van der Waals surface area contributed by atoms with E-state index >= 15 is 0 Å². The van der Waals surface area contributed by atoms with Crippen LogP contribution >= 0.6 is 11.6 Å². The molecule has 5 nitrogen and oxygen atoms in total. The minimum atomic E-state index is -0.819. The highest BCUT2D eigenvalue weighted by molar-refractivity contribution is 6.19. The Morgan fingerprint density at radius 3 is 2.64 bits per heavy atom. The Morgan fingerprint density at radius 1 is 1.50 bits per heavy atom. The number of nitriles is 1. The number of carbonyl (C=O) groups is 1. The second-order valence-corrected chi connectivity index (χ2v) is 4.71. The van der Waals surface area contributed by atoms with Gasteiger partial charge in [-0.25, -0.2) is 9.18 Å². The molecule has 0 bridgehead atoms. The average molecular weight is 323 g/mol. The van der Waals surface area contributed by atoms with E-state index in [1.54, 1.807) is 0 Å². The molecule has 0 saturated heterocycles. The third-order valence-electron chi connectivity index (χ3n) is 3.23. The van der Waals surface area contributed by atoms with Crippen molar-refractivity contribution in [2.75, 3.05) is 13.0 Å². The van der Waals surface area contributed by atoms with Crippen LogP contribution in [0, 0.1) is 17.1 Å². The van der Waals surface area contributed by atoms with E-state index in [1.807, 2.05) is 6.07 Å². The number of esters is 1. The van der Waals surface area contributed by atoms with Gasteiger partial charge in [-0.15, -0.1) is 11.6 Å². The highest BCUT2D eigenvalue weighted by Crippen LogP contribution is 2.39. The molecule has 1 atom stereocenters. The molecule has 0 spiro atoms. The summed E-state index contributed by atoms with van der Waals surface area (Å²) in [4.78, 5) is 12.1. The minimum Gasteiger partial charge on any atom is -0.466 e. The van der Waals surface area contributed by atoms with E-state index in [0.717, 1.165) is 0 Å². The third kappa shape index (κ3) is 2.76. The molecule has 0 aromatic heterocycles. The lowest BCUT2D eigenvalue weighted by molar-refractivity contribution is -0.136. The first-order valence-electron chi connectivity index (χ1n) is 6.23. The first-order chi connectivity index (χ1) is 10.5. The van der Waals surface area contributed by atoms with Gasteiger partial charge in [-0.1, -0.05) is 12.1 Å². The van der Waals surface area contributed by atoms with E-state index in [0.29, 0.717) is 5.56 Å². The van der Waals surface area contributed by atoms with Crippen molar-refractivity contribution in [3.63, 3.8) is 0 Å². The van der Waals surface area contributed by atoms with Gasteiger partial charge >= 0.3 is 5.97 Å². The molecule has 0 amide bonds. The van der Waals surface area contributed by atoms with Crippen molar-refractivity contribution >= 4 is 17.6 Å². The fraction of sp³-hybridized carbons (Fsp3) is 0.200. The standard InChI is InChI=1S/C15H12ClFN2O3/c1-21-15(20)13-11(6-16)22-14(19)10(7-18)12(13)8-2-4-9(17)5-3-8/h2-5,12H,6,19H2,1H3. The molecule has 2 rings (SSSR count). The van der Waals surface area contributed by atoms with Crippen molar-refractivity contribution in [1.29, 1.82) is 5.26 Å². The van der Waals surface area contributed by atoms with Crippen molar-refractivity contribution in [3.8, 4) is 6.07 Å². The van der Waals surface area contributed by atoms with E-state index < -0.39 is 17.7 Å². The lowest BCUT2D eigenvalue weighted by atomic mass is 9.83. The van der Waals surface area contributed by atoms with E-state index in [9.17, 15) is 14.4 Å². The van der Waals surface area contributed by atoms with Gasteiger partial charge in [0.25, 0.3) is 0 Å². The number of methoxy groups -OCH3 is 1. The topological polar surface area (TPSA) is 85.3 Å². The maximum absolute atomic E-state index is 13.1. The van der Waals surface area contributed by atoms with Crippen LogP contribution in [0.4, 0.5) is 4.39 Å². The van der Waals surface area contributed by atoms with Gasteiger partial charge in [-0.3, -0.25) is 0 Å². The van der Waals surface area contributed by atoms with Gasteiger partial charge in [-0.05, 0) is 17.7 Å². The molecular weight excluding hydrogens is 311 g/mol. The monoisotopic (exact) mass is 322 g/mol. The number of hydrogen-bond acceptors (Lipinski definition) is 5. The summed E-state index contributed by atoms with van der Waals surface area (Å²) in [5.41, 5.74) is 6.36. The van der Waals surface area contributed by atoms with Crippen LogP contribution < -0.4 is 5.73 Å². The zero-order valence-electron chi connectivity index (χ0n) is 11.6. The number of benzene rings is 1. The minimum absolute atomic E-state index is 0.0425. The lowest BCUT2D eigenvalue weighted by Gasteiger charge is -2.27. The smallest absolute Gasteiger partial charge is 0.338 e. The van der Waals surface area contributed by atoms with Gasteiger partial charge in [0.1, 0.15) is 23.2 Å². The summed E-state index contributed by atoms with van der Waals surface area (Å²) >= 11 is 5.80. The van der Waals surface area contributed by atoms with Gasteiger partial charge in [0, 0.05) is 0 Å². The average Bonchev–Trinajstić information content (AvgIpc) is 2.53. The van der Waals surface area contributed by atoms with E-state index in [1.165, 1.54) is 31.4 Å². The van der Waals surface area contributed by atoms with Crippen LogP contribution in [0.1, 0.15) is 11.5 Å². The quantitative estimate of drug-likeness (QED) is 0.681. The Morgan fingerprint density at radius 2 is 2.14 bits per heavy atom. The zero-order chi connectivity index (χ0) is 16.3. The summed E-state index contributed by atoms with van der Waals surface area (Å²) in [7, 11) is 1.20. The number of nitrogens with two attached hydrogens (primary N) is 1. The lowest BCUT2D eigenvalue weighted by Crippen LogP contribution is -2.26. The molecule has 0 fully saturated rings. The molecule has 1 aliphatic heterocycles. The Bertz CT molecular complexity index is 704. The molecule has 0 aliphatic carbocycles. The third-order valence-corrected chi connectivity index (χ3v) is 3.47. The molecule has 1 unspecified atom stereocenters. The SMILES string of the molecule is COC(=O)C1=C(CCl)OC(N)=C(C#N)C1c1ccc(F)cc1. The van der Waals surface area contributed by atoms with Crippen molar-refractivity contribution in [2.45, 2.75) is 5.92 Å². The van der Waals surface area contributed by atoms with Crippen molar-refractivity contribution in [1.82, 2.24) is 0 Å². The summed E-state index contributed by atoms with van der Waals surface area (Å²) in [5, 5.41) is 9.33. The van der Waals surface area contributed by atoms with Gasteiger partial charge in [0.2, 0.25) is 5.88 Å². The Balaban J connectivity index is 2.66. The fourth-order valence-electron chi connectivity index (χ4n) is 2.24. The van der Waals surface area contributed by atoms with Crippen molar-refractivity contribution in [2.24, 2.45) is 5.73 Å². The second kappa shape index (κ2) is 6.50. The zero-order valence-corrected chi connectivity index (χ0v) is 12.4. The molecular formula is C15H12ClFN2O3. The van der Waals surface area contributed by atoms with Crippen molar-refractivity contribution in [3.05, 3.63) is 58.4 Å². The maximum atomic E-state index is 13.1. The van der Waals surface area contributed by atoms with Crippen LogP contribution in [-0.4, -0.2) is 19.0 Å². The van der Waals surface area contributed by atoms with Gasteiger partial charge in [0.05, 0.1) is 24.5 Å². The molecule has 1 aromatic carbocycles. The van der Waals surface area contributed by atoms with E-state index in [2.05, 4.69) is 0 Å². The summed E-state index contributed by atoms with van der Waals surface area (Å²) in [6.07, 6.45) is 0. The highest BCUT2D eigenvalue weighted by atomic mass is 35.5. The summed E-state index contributed by atoms with van der Waals surface area (Å²) < 4.78 is 23.1. The van der Waals surface area contributed by atoms with Crippen molar-refractivity contribution < 1.29 is 18.7 Å². The molecule has 1 heterocycles. The number of alkyl halides is 1. The summed E-state index contributed by atoms with van der Waals surface area (Å²) in [6.45, 7) is 0. The van der Waals surface area contributed by atoms with E-state index in [-0.39, 0.29) is 28.7 Å². The molecule has 1 aromatic rings. The van der Waals surface area contributed by atoms with Crippen LogP contribution in [0.5, 0.6) is 0 Å². The molecule has 2 N–H and O–H groups in total. The highest BCUT2D eigenvalue weighted by Gasteiger charge is 2.37. The normalized spacial score (nSPS) is 17.8. The van der Waals surface area contributed by atoms with Crippen LogP contribution in [0.15, 0.2) is 47.1 Å². The van der Waals surface area contributed by atoms with Crippen LogP contribution in [0.2, 0.25) is 0 Å². The number of halogens is 2. The number of rotatable bonds is 3. The number of allylic oxidation sites excluding steroid dienone is 2. The van der Waals surface area contributed by atoms with Crippen LogP contribution in [0.25, 0.3) is 0 Å². The molecule has 1 aliphatic rings. The van der Waals surface area contributed by atoms with Crippen LogP contribution in [0.3, 0.4) is 0 Å². The number of nitrogens with zero attached hydrogens (tertiary/aromatic N) is 1. The van der Waals surface area contributed by atoms with Gasteiger partial charge < -0.3 is 15.2 Å². The molecule has 7 heteroatoms. The fourth-order valence-corrected chi connectivity index (χ4v) is 2.44. The molecule has 22 heavy (non-hydrogen) atoms. The molecule has 114 valence electrons.